The minimum Gasteiger partial charge on any atom is -0.353 e. The summed E-state index contributed by atoms with van der Waals surface area (Å²) in [5.41, 5.74) is 0.917. The molecule has 2 N–H and O–H groups in total. The van der Waals surface area contributed by atoms with Gasteiger partial charge in [-0.25, -0.2) is 0 Å². The maximum Gasteiger partial charge on any atom is 0.248 e. The molecule has 4 rings (SSSR count). The van der Waals surface area contributed by atoms with Crippen molar-refractivity contribution < 1.29 is 4.79 Å². The third-order valence-electron chi connectivity index (χ3n) is 5.62. The van der Waals surface area contributed by atoms with Crippen molar-refractivity contribution in [2.24, 2.45) is 0 Å². The van der Waals surface area contributed by atoms with Gasteiger partial charge in [-0.3, -0.25) is 9.48 Å². The van der Waals surface area contributed by atoms with Crippen molar-refractivity contribution in [1.29, 1.82) is 0 Å². The molecular formula is C19H25ClN4O. The number of amides is 1. The second kappa shape index (κ2) is 7.18. The monoisotopic (exact) mass is 360 g/mol. The summed E-state index contributed by atoms with van der Waals surface area (Å²) in [6.45, 7) is 2.40. The average Bonchev–Trinajstić information content (AvgIpc) is 3.23. The predicted molar refractivity (Wildman–Crippen MR) is 99.9 cm³/mol. The van der Waals surface area contributed by atoms with E-state index in [0.717, 1.165) is 38.8 Å². The van der Waals surface area contributed by atoms with E-state index in [0.29, 0.717) is 6.54 Å². The molecule has 0 bridgehead atoms. The van der Waals surface area contributed by atoms with Crippen molar-refractivity contribution in [3.05, 3.63) is 54.4 Å². The highest BCUT2D eigenvalue weighted by Crippen LogP contribution is 2.47. The summed E-state index contributed by atoms with van der Waals surface area (Å²) in [6.07, 6.45) is 7.51. The van der Waals surface area contributed by atoms with Gasteiger partial charge in [0.05, 0.1) is 0 Å². The Hall–Kier alpha value is -1.85. The molecule has 25 heavy (non-hydrogen) atoms. The van der Waals surface area contributed by atoms with E-state index >= 15 is 0 Å². The normalized spacial score (nSPS) is 20.3. The first kappa shape index (κ1) is 18.0. The summed E-state index contributed by atoms with van der Waals surface area (Å²) in [4.78, 5) is 13.1. The molecule has 1 aromatic heterocycles. The largest absolute Gasteiger partial charge is 0.353 e. The van der Waals surface area contributed by atoms with E-state index < -0.39 is 5.54 Å². The molecule has 1 aliphatic heterocycles. The molecule has 2 fully saturated rings. The third-order valence-corrected chi connectivity index (χ3v) is 5.62. The first-order valence-corrected chi connectivity index (χ1v) is 8.80. The van der Waals surface area contributed by atoms with Crippen LogP contribution >= 0.6 is 12.4 Å². The number of carbonyl (C=O) groups is 1. The lowest BCUT2D eigenvalue weighted by molar-refractivity contribution is -0.132. The smallest absolute Gasteiger partial charge is 0.248 e. The van der Waals surface area contributed by atoms with Gasteiger partial charge in [0.1, 0.15) is 5.54 Å². The van der Waals surface area contributed by atoms with E-state index in [1.54, 1.807) is 6.20 Å². The molecule has 0 spiro atoms. The molecule has 2 aliphatic rings. The third kappa shape index (κ3) is 3.31. The minimum atomic E-state index is -0.554. The lowest BCUT2D eigenvalue weighted by atomic mass is 9.87. The number of benzene rings is 1. The molecule has 1 amide bonds. The lowest BCUT2D eigenvalue weighted by Crippen LogP contribution is -2.55. The van der Waals surface area contributed by atoms with Crippen molar-refractivity contribution in [2.45, 2.75) is 36.6 Å². The van der Waals surface area contributed by atoms with Gasteiger partial charge in [0.2, 0.25) is 5.91 Å². The van der Waals surface area contributed by atoms with E-state index in [9.17, 15) is 4.79 Å². The van der Waals surface area contributed by atoms with Crippen molar-refractivity contribution in [2.75, 3.05) is 19.6 Å². The zero-order valence-electron chi connectivity index (χ0n) is 14.3. The van der Waals surface area contributed by atoms with Crippen LogP contribution in [0.15, 0.2) is 48.8 Å². The van der Waals surface area contributed by atoms with E-state index in [4.69, 9.17) is 0 Å². The van der Waals surface area contributed by atoms with Crippen LogP contribution in [0.3, 0.4) is 0 Å². The number of rotatable bonds is 5. The van der Waals surface area contributed by atoms with Crippen LogP contribution < -0.4 is 10.6 Å². The van der Waals surface area contributed by atoms with Gasteiger partial charge in [0.25, 0.3) is 0 Å². The van der Waals surface area contributed by atoms with Crippen LogP contribution in [0.25, 0.3) is 0 Å². The van der Waals surface area contributed by atoms with Gasteiger partial charge >= 0.3 is 0 Å². The highest BCUT2D eigenvalue weighted by Gasteiger charge is 2.47. The molecule has 1 aliphatic carbocycles. The molecule has 1 aromatic carbocycles. The summed E-state index contributed by atoms with van der Waals surface area (Å²) in [6, 6.07) is 12.4. The maximum absolute atomic E-state index is 13.1. The number of hydrogen-bond donors (Lipinski definition) is 2. The van der Waals surface area contributed by atoms with Crippen LogP contribution in [0.5, 0.6) is 0 Å². The number of carbonyl (C=O) groups excluding carboxylic acids is 1. The molecule has 1 saturated heterocycles. The number of nitrogens with zero attached hydrogens (tertiary/aromatic N) is 2. The van der Waals surface area contributed by atoms with E-state index in [1.807, 2.05) is 23.0 Å². The standard InChI is InChI=1S/C19H24N4O.ClH/c24-17(19(9-12-20-13-10-19)23-14-4-11-22-23)21-15-18(7-8-18)16-5-2-1-3-6-16;/h1-6,11,14,20H,7-10,12-13,15H2,(H,21,24);1H. The van der Waals surface area contributed by atoms with E-state index in [-0.39, 0.29) is 23.7 Å². The Balaban J connectivity index is 0.00000182. The van der Waals surface area contributed by atoms with Crippen molar-refractivity contribution in [1.82, 2.24) is 20.4 Å². The lowest BCUT2D eigenvalue weighted by Gasteiger charge is -2.37. The Morgan fingerprint density at radius 2 is 1.84 bits per heavy atom. The van der Waals surface area contributed by atoms with Crippen molar-refractivity contribution in [3.8, 4) is 0 Å². The Morgan fingerprint density at radius 3 is 2.44 bits per heavy atom. The van der Waals surface area contributed by atoms with Crippen molar-refractivity contribution in [3.63, 3.8) is 0 Å². The fourth-order valence-corrected chi connectivity index (χ4v) is 3.85. The van der Waals surface area contributed by atoms with Crippen molar-refractivity contribution >= 4 is 18.3 Å². The fraction of sp³-hybridized carbons (Fsp3) is 0.474. The number of piperidine rings is 1. The molecule has 2 aromatic rings. The van der Waals surface area contributed by atoms with Gasteiger partial charge in [-0.2, -0.15) is 5.10 Å². The fourth-order valence-electron chi connectivity index (χ4n) is 3.85. The zero-order chi connectivity index (χ0) is 16.5. The molecule has 2 heterocycles. The van der Waals surface area contributed by atoms with Gasteiger partial charge in [0.15, 0.2) is 0 Å². The van der Waals surface area contributed by atoms with E-state index in [2.05, 4.69) is 40.0 Å². The van der Waals surface area contributed by atoms with E-state index in [1.165, 1.54) is 5.56 Å². The number of halogens is 1. The highest BCUT2D eigenvalue weighted by molar-refractivity contribution is 5.85. The van der Waals surface area contributed by atoms with Gasteiger partial charge in [-0.05, 0) is 50.4 Å². The van der Waals surface area contributed by atoms with Crippen LogP contribution in [0.2, 0.25) is 0 Å². The minimum absolute atomic E-state index is 0. The Bertz CT molecular complexity index is 691. The molecule has 1 saturated carbocycles. The van der Waals surface area contributed by atoms with Gasteiger partial charge in [-0.15, -0.1) is 12.4 Å². The summed E-state index contributed by atoms with van der Waals surface area (Å²) in [5, 5.41) is 11.0. The van der Waals surface area contributed by atoms with Gasteiger partial charge in [0, 0.05) is 24.4 Å². The summed E-state index contributed by atoms with van der Waals surface area (Å²) in [7, 11) is 0. The summed E-state index contributed by atoms with van der Waals surface area (Å²) >= 11 is 0. The quantitative estimate of drug-likeness (QED) is 0.859. The van der Waals surface area contributed by atoms with Gasteiger partial charge in [-0.1, -0.05) is 30.3 Å². The molecule has 6 heteroatoms. The SMILES string of the molecule is Cl.O=C(NCC1(c2ccccc2)CC1)C1(n2cccn2)CCNCC1. The predicted octanol–water partition coefficient (Wildman–Crippen LogP) is 2.23. The second-order valence-corrected chi connectivity index (χ2v) is 7.06. The molecule has 0 radical (unpaired) electrons. The Kier molecular flexibility index (Phi) is 5.16. The first-order valence-electron chi connectivity index (χ1n) is 8.80. The average molecular weight is 361 g/mol. The topological polar surface area (TPSA) is 59.0 Å². The van der Waals surface area contributed by atoms with Crippen LogP contribution in [-0.2, 0) is 15.7 Å². The molecule has 134 valence electrons. The maximum atomic E-state index is 13.1. The molecular weight excluding hydrogens is 336 g/mol. The summed E-state index contributed by atoms with van der Waals surface area (Å²) < 4.78 is 1.85. The highest BCUT2D eigenvalue weighted by atomic mass is 35.5. The summed E-state index contributed by atoms with van der Waals surface area (Å²) in [5.74, 6) is 0.106. The van der Waals surface area contributed by atoms with Gasteiger partial charge < -0.3 is 10.6 Å². The van der Waals surface area contributed by atoms with Crippen LogP contribution in [0.1, 0.15) is 31.2 Å². The number of aromatic nitrogens is 2. The Morgan fingerprint density at radius 1 is 1.12 bits per heavy atom. The first-order chi connectivity index (χ1) is 11.8. The van der Waals surface area contributed by atoms with Crippen LogP contribution in [0, 0.1) is 0 Å². The molecule has 0 unspecified atom stereocenters. The number of hydrogen-bond acceptors (Lipinski definition) is 3. The zero-order valence-corrected chi connectivity index (χ0v) is 15.1. The number of nitrogens with one attached hydrogen (secondary N) is 2. The molecule has 5 nitrogen and oxygen atoms in total. The Labute approximate surface area is 154 Å². The van der Waals surface area contributed by atoms with Crippen LogP contribution in [-0.4, -0.2) is 35.3 Å². The van der Waals surface area contributed by atoms with Crippen LogP contribution in [0.4, 0.5) is 0 Å². The molecule has 0 atom stereocenters. The second-order valence-electron chi connectivity index (χ2n) is 7.06.